The molecule has 19 heavy (non-hydrogen) atoms. The second-order valence-corrected chi connectivity index (χ2v) is 5.39. The monoisotopic (exact) mass is 279 g/mol. The van der Waals surface area contributed by atoms with Gasteiger partial charge in [-0.2, -0.15) is 0 Å². The predicted octanol–water partition coefficient (Wildman–Crippen LogP) is 2.40. The third kappa shape index (κ3) is 4.44. The molecule has 0 saturated heterocycles. The molecule has 5 heteroatoms. The number of aryl methyl sites for hydroxylation is 1. The van der Waals surface area contributed by atoms with Crippen molar-refractivity contribution in [3.05, 3.63) is 23.4 Å². The summed E-state index contributed by atoms with van der Waals surface area (Å²) in [4.78, 5) is 4.80. The number of ether oxygens (including phenoxy) is 1. The number of nitrogens with two attached hydrogens (primary N) is 1. The normalized spacial score (nSPS) is 15.6. The number of anilines is 1. The zero-order chi connectivity index (χ0) is 13.7. The standard InChI is InChI=1S/C14H21N3OS/c1-10-8-11(14(15)19)9-13(17-10)16-6-7-18-12-4-2-3-5-12/h8-9,12H,2-7H2,1H3,(H2,15,19)(H,16,17). The molecule has 0 aliphatic heterocycles. The molecule has 2 rings (SSSR count). The minimum absolute atomic E-state index is 0.399. The predicted molar refractivity (Wildman–Crippen MR) is 81.6 cm³/mol. The van der Waals surface area contributed by atoms with Gasteiger partial charge in [-0.1, -0.05) is 25.1 Å². The van der Waals surface area contributed by atoms with Gasteiger partial charge in [-0.15, -0.1) is 0 Å². The molecule has 0 spiro atoms. The third-order valence-electron chi connectivity index (χ3n) is 3.30. The van der Waals surface area contributed by atoms with E-state index < -0.39 is 0 Å². The van der Waals surface area contributed by atoms with Crippen molar-refractivity contribution in [1.29, 1.82) is 0 Å². The lowest BCUT2D eigenvalue weighted by Crippen LogP contribution is -2.17. The number of nitrogens with one attached hydrogen (secondary N) is 1. The minimum atomic E-state index is 0.399. The minimum Gasteiger partial charge on any atom is -0.389 e. The van der Waals surface area contributed by atoms with Crippen LogP contribution < -0.4 is 11.1 Å². The summed E-state index contributed by atoms with van der Waals surface area (Å²) in [6.45, 7) is 3.40. The lowest BCUT2D eigenvalue weighted by Gasteiger charge is -2.12. The Morgan fingerprint density at radius 1 is 1.47 bits per heavy atom. The SMILES string of the molecule is Cc1cc(C(N)=S)cc(NCCOC2CCCC2)n1. The summed E-state index contributed by atoms with van der Waals surface area (Å²) >= 11 is 4.99. The lowest BCUT2D eigenvalue weighted by atomic mass is 10.2. The molecule has 1 aliphatic rings. The van der Waals surface area contributed by atoms with E-state index in [1.54, 1.807) is 0 Å². The first-order valence-corrected chi connectivity index (χ1v) is 7.20. The molecule has 1 aromatic rings. The van der Waals surface area contributed by atoms with Crippen LogP contribution >= 0.6 is 12.2 Å². The van der Waals surface area contributed by atoms with Gasteiger partial charge in [0.15, 0.2) is 0 Å². The van der Waals surface area contributed by atoms with Gasteiger partial charge in [0.05, 0.1) is 12.7 Å². The number of pyridine rings is 1. The first-order valence-electron chi connectivity index (χ1n) is 6.79. The molecule has 4 nitrogen and oxygen atoms in total. The molecular weight excluding hydrogens is 258 g/mol. The van der Waals surface area contributed by atoms with Gasteiger partial charge in [-0.25, -0.2) is 4.98 Å². The smallest absolute Gasteiger partial charge is 0.126 e. The summed E-state index contributed by atoms with van der Waals surface area (Å²) in [5, 5.41) is 3.25. The van der Waals surface area contributed by atoms with Gasteiger partial charge in [0, 0.05) is 17.8 Å². The van der Waals surface area contributed by atoms with Gasteiger partial charge in [-0.3, -0.25) is 0 Å². The van der Waals surface area contributed by atoms with Crippen molar-refractivity contribution in [3.63, 3.8) is 0 Å². The summed E-state index contributed by atoms with van der Waals surface area (Å²) in [5.74, 6) is 0.804. The molecule has 1 fully saturated rings. The quantitative estimate of drug-likeness (QED) is 0.618. The largest absolute Gasteiger partial charge is 0.389 e. The van der Waals surface area contributed by atoms with E-state index in [1.165, 1.54) is 25.7 Å². The molecule has 1 heterocycles. The first-order chi connectivity index (χ1) is 9.15. The highest BCUT2D eigenvalue weighted by molar-refractivity contribution is 7.80. The van der Waals surface area contributed by atoms with Gasteiger partial charge >= 0.3 is 0 Å². The summed E-state index contributed by atoms with van der Waals surface area (Å²) < 4.78 is 5.79. The Bertz CT molecular complexity index is 444. The van der Waals surface area contributed by atoms with Crippen molar-refractivity contribution in [2.24, 2.45) is 5.73 Å². The maximum Gasteiger partial charge on any atom is 0.126 e. The molecule has 1 saturated carbocycles. The highest BCUT2D eigenvalue weighted by Gasteiger charge is 2.14. The Labute approximate surface area is 119 Å². The molecule has 0 amide bonds. The molecule has 0 bridgehead atoms. The Balaban J connectivity index is 1.80. The van der Waals surface area contributed by atoms with Crippen molar-refractivity contribution in [1.82, 2.24) is 4.98 Å². The van der Waals surface area contributed by atoms with Crippen LogP contribution in [0.2, 0.25) is 0 Å². The molecule has 1 aliphatic carbocycles. The lowest BCUT2D eigenvalue weighted by molar-refractivity contribution is 0.0658. The fourth-order valence-corrected chi connectivity index (χ4v) is 2.48. The highest BCUT2D eigenvalue weighted by Crippen LogP contribution is 2.20. The average Bonchev–Trinajstić information content (AvgIpc) is 2.87. The molecule has 1 aromatic heterocycles. The van der Waals surface area contributed by atoms with E-state index in [0.717, 1.165) is 23.6 Å². The molecule has 0 unspecified atom stereocenters. The Hall–Kier alpha value is -1.20. The molecule has 0 aromatic carbocycles. The maximum absolute atomic E-state index is 5.79. The maximum atomic E-state index is 5.79. The van der Waals surface area contributed by atoms with Crippen LogP contribution in [0.5, 0.6) is 0 Å². The number of hydrogen-bond donors (Lipinski definition) is 2. The topological polar surface area (TPSA) is 60.2 Å². The fourth-order valence-electron chi connectivity index (χ4n) is 2.36. The molecule has 0 atom stereocenters. The van der Waals surface area contributed by atoms with E-state index in [0.29, 0.717) is 17.7 Å². The fraction of sp³-hybridized carbons (Fsp3) is 0.571. The van der Waals surface area contributed by atoms with E-state index in [1.807, 2.05) is 19.1 Å². The highest BCUT2D eigenvalue weighted by atomic mass is 32.1. The second-order valence-electron chi connectivity index (χ2n) is 4.95. The Morgan fingerprint density at radius 3 is 2.89 bits per heavy atom. The van der Waals surface area contributed by atoms with Gasteiger partial charge in [-0.05, 0) is 31.9 Å². The van der Waals surface area contributed by atoms with Crippen LogP contribution in [0.3, 0.4) is 0 Å². The zero-order valence-corrected chi connectivity index (χ0v) is 12.1. The van der Waals surface area contributed by atoms with Gasteiger partial charge in [0.1, 0.15) is 10.8 Å². The average molecular weight is 279 g/mol. The Morgan fingerprint density at radius 2 is 2.21 bits per heavy atom. The molecular formula is C14H21N3OS. The van der Waals surface area contributed by atoms with Gasteiger partial charge in [0.25, 0.3) is 0 Å². The van der Waals surface area contributed by atoms with Crippen molar-refractivity contribution in [2.45, 2.75) is 38.7 Å². The second kappa shape index (κ2) is 6.82. The third-order valence-corrected chi connectivity index (χ3v) is 3.54. The number of nitrogens with zero attached hydrogens (tertiary/aromatic N) is 1. The van der Waals surface area contributed by atoms with Crippen molar-refractivity contribution >= 4 is 23.0 Å². The number of aromatic nitrogens is 1. The van der Waals surface area contributed by atoms with Gasteiger partial charge in [0.2, 0.25) is 0 Å². The van der Waals surface area contributed by atoms with Crippen LogP contribution in [0.1, 0.15) is 36.9 Å². The van der Waals surface area contributed by atoms with E-state index in [4.69, 9.17) is 22.7 Å². The van der Waals surface area contributed by atoms with Crippen molar-refractivity contribution in [2.75, 3.05) is 18.5 Å². The van der Waals surface area contributed by atoms with E-state index in [9.17, 15) is 0 Å². The zero-order valence-electron chi connectivity index (χ0n) is 11.3. The van der Waals surface area contributed by atoms with Crippen LogP contribution in [-0.4, -0.2) is 29.2 Å². The molecule has 104 valence electrons. The first kappa shape index (κ1) is 14.2. The van der Waals surface area contributed by atoms with Crippen LogP contribution in [0.25, 0.3) is 0 Å². The van der Waals surface area contributed by atoms with E-state index >= 15 is 0 Å². The van der Waals surface area contributed by atoms with Crippen LogP contribution in [0.15, 0.2) is 12.1 Å². The summed E-state index contributed by atoms with van der Waals surface area (Å²) in [6.07, 6.45) is 5.46. The summed E-state index contributed by atoms with van der Waals surface area (Å²) in [7, 11) is 0. The van der Waals surface area contributed by atoms with E-state index in [2.05, 4.69) is 10.3 Å². The number of rotatable bonds is 6. The van der Waals surface area contributed by atoms with Crippen LogP contribution in [-0.2, 0) is 4.74 Å². The van der Waals surface area contributed by atoms with Crippen LogP contribution in [0.4, 0.5) is 5.82 Å². The summed E-state index contributed by atoms with van der Waals surface area (Å²) in [5.41, 5.74) is 7.40. The van der Waals surface area contributed by atoms with E-state index in [-0.39, 0.29) is 0 Å². The van der Waals surface area contributed by atoms with Crippen molar-refractivity contribution < 1.29 is 4.74 Å². The molecule has 3 N–H and O–H groups in total. The number of hydrogen-bond acceptors (Lipinski definition) is 4. The Kier molecular flexibility index (Phi) is 5.10. The summed E-state index contributed by atoms with van der Waals surface area (Å²) in [6, 6.07) is 3.77. The van der Waals surface area contributed by atoms with Gasteiger partial charge < -0.3 is 15.8 Å². The van der Waals surface area contributed by atoms with Crippen LogP contribution in [0, 0.1) is 6.92 Å². The number of thiocarbonyl (C=S) groups is 1. The van der Waals surface area contributed by atoms with Crippen molar-refractivity contribution in [3.8, 4) is 0 Å². The molecule has 0 radical (unpaired) electrons.